The highest BCUT2D eigenvalue weighted by Gasteiger charge is 2.25. The maximum absolute atomic E-state index is 12.7. The van der Waals surface area contributed by atoms with Gasteiger partial charge >= 0.3 is 0 Å². The first-order valence-corrected chi connectivity index (χ1v) is 9.09. The Hall–Kier alpha value is -2.14. The van der Waals surface area contributed by atoms with Gasteiger partial charge in [-0.2, -0.15) is 0 Å². The maximum atomic E-state index is 12.7. The molecule has 1 aromatic heterocycles. The van der Waals surface area contributed by atoms with E-state index in [0.717, 1.165) is 51.1 Å². The first-order chi connectivity index (χ1) is 12.1. The fourth-order valence-electron chi connectivity index (χ4n) is 3.48. The molecule has 134 valence electrons. The van der Waals surface area contributed by atoms with E-state index in [-0.39, 0.29) is 5.91 Å². The summed E-state index contributed by atoms with van der Waals surface area (Å²) in [5.41, 5.74) is 4.71. The Morgan fingerprint density at radius 2 is 2.04 bits per heavy atom. The van der Waals surface area contributed by atoms with Crippen molar-refractivity contribution in [3.63, 3.8) is 0 Å². The first kappa shape index (κ1) is 17.7. The maximum Gasteiger partial charge on any atom is 0.254 e. The molecule has 0 saturated heterocycles. The van der Waals surface area contributed by atoms with E-state index in [9.17, 15) is 4.79 Å². The van der Waals surface area contributed by atoms with Crippen LogP contribution in [0.5, 0.6) is 0 Å². The van der Waals surface area contributed by atoms with Crippen LogP contribution < -0.4 is 0 Å². The van der Waals surface area contributed by atoms with Gasteiger partial charge in [-0.3, -0.25) is 4.79 Å². The molecule has 1 amide bonds. The van der Waals surface area contributed by atoms with Crippen molar-refractivity contribution in [2.75, 3.05) is 33.2 Å². The number of carbonyl (C=O) groups excluding carboxylic acids is 1. The Kier molecular flexibility index (Phi) is 5.53. The molecule has 3 rings (SSSR count). The number of carbonyl (C=O) groups is 1. The van der Waals surface area contributed by atoms with Crippen LogP contribution in [0.4, 0.5) is 0 Å². The number of likely N-dealkylation sites (N-methyl/N-ethyl adjacent to an activating group) is 1. The number of fused-ring (bicyclic) bond motifs is 1. The fourth-order valence-corrected chi connectivity index (χ4v) is 3.48. The molecule has 25 heavy (non-hydrogen) atoms. The lowest BCUT2D eigenvalue weighted by molar-refractivity contribution is 0.0732. The number of aryl methyl sites for hydroxylation is 1. The Bertz CT molecular complexity index is 724. The third kappa shape index (κ3) is 4.10. The number of hydrogen-bond acceptors (Lipinski definition) is 3. The second kappa shape index (κ2) is 7.83. The molecule has 5 heteroatoms. The smallest absolute Gasteiger partial charge is 0.254 e. The van der Waals surface area contributed by atoms with Gasteiger partial charge in [0.2, 0.25) is 0 Å². The number of benzene rings is 1. The summed E-state index contributed by atoms with van der Waals surface area (Å²) >= 11 is 0. The van der Waals surface area contributed by atoms with Crippen molar-refractivity contribution in [2.24, 2.45) is 0 Å². The predicted molar refractivity (Wildman–Crippen MR) is 99.9 cm³/mol. The highest BCUT2D eigenvalue weighted by atomic mass is 16.2. The summed E-state index contributed by atoms with van der Waals surface area (Å²) in [5, 5.41) is 0. The number of imidazole rings is 1. The normalized spacial score (nSPS) is 14.2. The van der Waals surface area contributed by atoms with Crippen molar-refractivity contribution in [1.29, 1.82) is 0 Å². The summed E-state index contributed by atoms with van der Waals surface area (Å²) in [7, 11) is 2.14. The van der Waals surface area contributed by atoms with Gasteiger partial charge in [0.05, 0.1) is 6.33 Å². The molecule has 0 saturated carbocycles. The minimum atomic E-state index is 0.199. The van der Waals surface area contributed by atoms with Crippen LogP contribution in [0.25, 0.3) is 0 Å². The summed E-state index contributed by atoms with van der Waals surface area (Å²) in [6.45, 7) is 8.86. The molecule has 2 heterocycles. The van der Waals surface area contributed by atoms with Crippen molar-refractivity contribution in [2.45, 2.75) is 33.2 Å². The number of aromatic nitrogens is 2. The van der Waals surface area contributed by atoms with Gasteiger partial charge in [0, 0.05) is 44.1 Å². The van der Waals surface area contributed by atoms with Crippen LogP contribution >= 0.6 is 0 Å². The average molecular weight is 340 g/mol. The van der Waals surface area contributed by atoms with E-state index in [2.05, 4.69) is 41.4 Å². The lowest BCUT2D eigenvalue weighted by Crippen LogP contribution is -2.39. The number of amides is 1. The zero-order chi connectivity index (χ0) is 17.8. The van der Waals surface area contributed by atoms with Crippen molar-refractivity contribution >= 4 is 5.91 Å². The van der Waals surface area contributed by atoms with Gasteiger partial charge < -0.3 is 14.4 Å². The van der Waals surface area contributed by atoms with Crippen LogP contribution in [-0.4, -0.2) is 58.5 Å². The molecule has 2 aromatic rings. The van der Waals surface area contributed by atoms with Gasteiger partial charge in [-0.1, -0.05) is 6.07 Å². The molecule has 0 N–H and O–H groups in total. The van der Waals surface area contributed by atoms with Gasteiger partial charge in [-0.15, -0.1) is 0 Å². The van der Waals surface area contributed by atoms with Gasteiger partial charge in [0.15, 0.2) is 0 Å². The predicted octanol–water partition coefficient (Wildman–Crippen LogP) is 2.52. The van der Waals surface area contributed by atoms with Crippen LogP contribution in [0.3, 0.4) is 0 Å². The highest BCUT2D eigenvalue weighted by Crippen LogP contribution is 2.24. The largest absolute Gasteiger partial charge is 0.338 e. The molecule has 0 aliphatic carbocycles. The molecular formula is C20H28N4O. The van der Waals surface area contributed by atoms with Crippen LogP contribution in [0.2, 0.25) is 0 Å². The topological polar surface area (TPSA) is 41.4 Å². The second-order valence-corrected chi connectivity index (χ2v) is 7.03. The third-order valence-electron chi connectivity index (χ3n) is 5.29. The van der Waals surface area contributed by atoms with E-state index in [4.69, 9.17) is 0 Å². The highest BCUT2D eigenvalue weighted by molar-refractivity contribution is 5.97. The van der Waals surface area contributed by atoms with Gasteiger partial charge in [-0.25, -0.2) is 4.98 Å². The molecule has 0 bridgehead atoms. The van der Waals surface area contributed by atoms with Gasteiger partial charge in [-0.05, 0) is 63.0 Å². The summed E-state index contributed by atoms with van der Waals surface area (Å²) in [6, 6.07) is 4.07. The molecule has 0 spiro atoms. The molecule has 1 aliphatic rings. The van der Waals surface area contributed by atoms with Crippen molar-refractivity contribution in [1.82, 2.24) is 19.4 Å². The third-order valence-corrected chi connectivity index (χ3v) is 5.29. The summed E-state index contributed by atoms with van der Waals surface area (Å²) in [6.07, 6.45) is 7.63. The zero-order valence-electron chi connectivity index (χ0n) is 15.5. The Balaban J connectivity index is 1.47. The van der Waals surface area contributed by atoms with E-state index in [1.54, 1.807) is 0 Å². The van der Waals surface area contributed by atoms with Gasteiger partial charge in [0.1, 0.15) is 0 Å². The Labute approximate surface area is 150 Å². The molecule has 1 aliphatic heterocycles. The molecule has 5 nitrogen and oxygen atoms in total. The molecule has 0 fully saturated rings. The molecule has 0 atom stereocenters. The summed E-state index contributed by atoms with van der Waals surface area (Å²) < 4.78 is 2.09. The zero-order valence-corrected chi connectivity index (χ0v) is 15.5. The monoisotopic (exact) mass is 340 g/mol. The first-order valence-electron chi connectivity index (χ1n) is 9.09. The molecule has 1 aromatic carbocycles. The Morgan fingerprint density at radius 3 is 2.80 bits per heavy atom. The summed E-state index contributed by atoms with van der Waals surface area (Å²) in [4.78, 5) is 21.1. The van der Waals surface area contributed by atoms with Crippen molar-refractivity contribution < 1.29 is 4.79 Å². The van der Waals surface area contributed by atoms with E-state index in [0.29, 0.717) is 0 Å². The van der Waals surface area contributed by atoms with E-state index < -0.39 is 0 Å². The van der Waals surface area contributed by atoms with Crippen molar-refractivity contribution in [3.8, 4) is 0 Å². The molecule has 0 unspecified atom stereocenters. The van der Waals surface area contributed by atoms with Crippen molar-refractivity contribution in [3.05, 3.63) is 53.1 Å². The van der Waals surface area contributed by atoms with Crippen LogP contribution in [0, 0.1) is 13.8 Å². The summed E-state index contributed by atoms with van der Waals surface area (Å²) in [5.74, 6) is 0.199. The van der Waals surface area contributed by atoms with Crippen LogP contribution in [0.1, 0.15) is 33.5 Å². The van der Waals surface area contributed by atoms with E-state index >= 15 is 0 Å². The lowest BCUT2D eigenvalue weighted by atomic mass is 9.91. The average Bonchev–Trinajstić information content (AvgIpc) is 3.12. The van der Waals surface area contributed by atoms with Crippen LogP contribution in [-0.2, 0) is 13.0 Å². The Morgan fingerprint density at radius 1 is 1.20 bits per heavy atom. The quantitative estimate of drug-likeness (QED) is 0.778. The van der Waals surface area contributed by atoms with Crippen LogP contribution in [0.15, 0.2) is 30.9 Å². The number of rotatable bonds is 7. The molecular weight excluding hydrogens is 312 g/mol. The fraction of sp³-hybridized carbons (Fsp3) is 0.500. The second-order valence-electron chi connectivity index (χ2n) is 7.03. The van der Waals surface area contributed by atoms with Gasteiger partial charge in [0.25, 0.3) is 5.91 Å². The number of hydrogen-bond donors (Lipinski definition) is 0. The van der Waals surface area contributed by atoms with E-state index in [1.165, 1.54) is 16.7 Å². The number of nitrogens with zero attached hydrogens (tertiary/aromatic N) is 4. The van der Waals surface area contributed by atoms with E-state index in [1.807, 2.05) is 29.7 Å². The lowest BCUT2D eigenvalue weighted by Gasteiger charge is -2.30. The SMILES string of the molecule is Cc1ccc2c(c1C)CCN(CCCN(C)CCn1ccnc1)C2=O. The minimum absolute atomic E-state index is 0.199. The standard InChI is InChI=1S/C20H28N4O/c1-16-5-6-19-18(17(16)2)7-11-24(20(19)25)10-4-9-22(3)13-14-23-12-8-21-15-23/h5-6,8,12,15H,4,7,9-11,13-14H2,1-3H3. The minimum Gasteiger partial charge on any atom is -0.338 e. The molecule has 0 radical (unpaired) electrons.